The maximum absolute atomic E-state index is 5.41. The second-order valence-corrected chi connectivity index (χ2v) is 24.3. The van der Waals surface area contributed by atoms with Crippen LogP contribution in [0, 0.1) is 18.5 Å². The number of pyridine rings is 1. The molecular formula is C83H57N7Pt-2. The molecule has 0 amide bonds. The molecule has 5 heterocycles. The summed E-state index contributed by atoms with van der Waals surface area (Å²) in [7, 11) is 0. The van der Waals surface area contributed by atoms with Gasteiger partial charge in [-0.15, -0.1) is 18.2 Å². The summed E-state index contributed by atoms with van der Waals surface area (Å²) in [5.41, 5.74) is 24.9. The normalized spacial score (nSPS) is 11.8. The van der Waals surface area contributed by atoms with Crippen LogP contribution in [0.25, 0.3) is 150 Å². The molecule has 0 bridgehead atoms. The third-order valence-electron chi connectivity index (χ3n) is 17.7. The minimum Gasteiger partial charge on any atom is -0.331 e. The number of aromatic nitrogens is 7. The van der Waals surface area contributed by atoms with E-state index in [9.17, 15) is 0 Å². The van der Waals surface area contributed by atoms with Gasteiger partial charge in [0.15, 0.2) is 0 Å². The minimum atomic E-state index is -0.0785. The predicted molar refractivity (Wildman–Crippen MR) is 368 cm³/mol. The van der Waals surface area contributed by atoms with Gasteiger partial charge in [-0.05, 0) is 167 Å². The first-order chi connectivity index (χ1) is 44.3. The van der Waals surface area contributed by atoms with Gasteiger partial charge < -0.3 is 18.1 Å². The van der Waals surface area contributed by atoms with Crippen molar-refractivity contribution >= 4 is 60.7 Å². The van der Waals surface area contributed by atoms with E-state index in [1.807, 2.05) is 6.20 Å². The van der Waals surface area contributed by atoms with E-state index in [1.165, 1.54) is 5.56 Å². The number of para-hydroxylation sites is 6. The van der Waals surface area contributed by atoms with E-state index in [0.717, 1.165) is 150 Å². The van der Waals surface area contributed by atoms with Crippen LogP contribution < -0.4 is 4.57 Å². The van der Waals surface area contributed by atoms with Gasteiger partial charge >= 0.3 is 0 Å². The summed E-state index contributed by atoms with van der Waals surface area (Å²) in [6.07, 6.45) is 5.96. The molecule has 0 saturated heterocycles. The first-order valence-corrected chi connectivity index (χ1v) is 30.6. The Labute approximate surface area is 542 Å². The zero-order chi connectivity index (χ0) is 60.0. The van der Waals surface area contributed by atoms with E-state index in [4.69, 9.17) is 9.97 Å². The molecule has 91 heavy (non-hydrogen) atoms. The van der Waals surface area contributed by atoms with Crippen LogP contribution in [0.5, 0.6) is 0 Å². The smallest absolute Gasteiger partial charge is 0.268 e. The van der Waals surface area contributed by atoms with Crippen molar-refractivity contribution in [1.82, 2.24) is 28.1 Å². The monoisotopic (exact) mass is 1350 g/mol. The number of imidazole rings is 3. The molecule has 17 rings (SSSR count). The third-order valence-corrected chi connectivity index (χ3v) is 17.7. The van der Waals surface area contributed by atoms with Gasteiger partial charge in [-0.2, -0.15) is 18.2 Å². The van der Waals surface area contributed by atoms with Crippen LogP contribution in [-0.4, -0.2) is 28.1 Å². The fourth-order valence-electron chi connectivity index (χ4n) is 13.3. The fourth-order valence-corrected chi connectivity index (χ4v) is 13.3. The van der Waals surface area contributed by atoms with Crippen LogP contribution >= 0.6 is 0 Å². The number of nitrogens with zero attached hydrogens (tertiary/aromatic N) is 7. The van der Waals surface area contributed by atoms with Gasteiger partial charge in [0.25, 0.3) is 6.33 Å². The predicted octanol–water partition coefficient (Wildman–Crippen LogP) is 19.8. The second-order valence-electron chi connectivity index (χ2n) is 24.3. The Morgan fingerprint density at radius 3 is 1.48 bits per heavy atom. The Morgan fingerprint density at radius 1 is 0.385 bits per heavy atom. The zero-order valence-corrected chi connectivity index (χ0v) is 52.4. The average molecular weight is 1350 g/mol. The van der Waals surface area contributed by atoms with Gasteiger partial charge in [0.1, 0.15) is 5.82 Å². The SMILES string of the molecule is CC(C)(C)c1ccnc(-n2c3[c-]c4c(cc3c3ccccc32)n2c3ccccc3nc2n4-c2[c-]c(-n3[c-][n+](-c4c(-c5cc(-c6ccccc6)cc(-c6ccccc6)c5)cccc4-c4cc(-c5ccccc5)cc(-c5ccccc5)c4)c4ccccc43)ccc2)c1.[Pt]. The van der Waals surface area contributed by atoms with Crippen molar-refractivity contribution in [2.45, 2.75) is 26.2 Å². The molecule has 0 radical (unpaired) electrons. The van der Waals surface area contributed by atoms with E-state index in [2.05, 4.69) is 347 Å². The molecule has 12 aromatic carbocycles. The molecule has 0 atom stereocenters. The van der Waals surface area contributed by atoms with Crippen molar-refractivity contribution < 1.29 is 25.6 Å². The number of fused-ring (bicyclic) bond motifs is 9. The summed E-state index contributed by atoms with van der Waals surface area (Å²) in [5, 5.41) is 2.21. The fraction of sp³-hybridized carbons (Fsp3) is 0.0482. The minimum absolute atomic E-state index is 0. The van der Waals surface area contributed by atoms with Crippen molar-refractivity contribution in [3.05, 3.63) is 315 Å². The molecule has 0 unspecified atom stereocenters. The van der Waals surface area contributed by atoms with Crippen LogP contribution in [0.15, 0.2) is 291 Å². The van der Waals surface area contributed by atoms with Crippen LogP contribution in [0.1, 0.15) is 26.3 Å². The van der Waals surface area contributed by atoms with Crippen LogP contribution in [0.4, 0.5) is 0 Å². The van der Waals surface area contributed by atoms with E-state index in [-0.39, 0.29) is 26.5 Å². The average Bonchev–Trinajstić information content (AvgIpc) is 1.55. The molecule has 436 valence electrons. The molecule has 7 nitrogen and oxygen atoms in total. The summed E-state index contributed by atoms with van der Waals surface area (Å²) in [6, 6.07) is 110. The van der Waals surface area contributed by atoms with Crippen molar-refractivity contribution in [1.29, 1.82) is 0 Å². The van der Waals surface area contributed by atoms with Crippen LogP contribution in [-0.2, 0) is 26.5 Å². The van der Waals surface area contributed by atoms with Crippen LogP contribution in [0.3, 0.4) is 0 Å². The van der Waals surface area contributed by atoms with Gasteiger partial charge in [-0.1, -0.05) is 231 Å². The molecule has 5 aromatic heterocycles. The quantitative estimate of drug-likeness (QED) is 0.101. The topological polar surface area (TPSA) is 48.9 Å². The first-order valence-electron chi connectivity index (χ1n) is 30.6. The molecular weight excluding hydrogens is 1290 g/mol. The van der Waals surface area contributed by atoms with Gasteiger partial charge in [0, 0.05) is 32.8 Å². The first kappa shape index (κ1) is 55.3. The molecule has 0 spiro atoms. The van der Waals surface area contributed by atoms with Gasteiger partial charge in [0.2, 0.25) is 5.78 Å². The Bertz CT molecular complexity index is 5370. The maximum atomic E-state index is 5.41. The van der Waals surface area contributed by atoms with Gasteiger partial charge in [0.05, 0.1) is 27.8 Å². The number of benzene rings is 12. The van der Waals surface area contributed by atoms with E-state index in [0.29, 0.717) is 0 Å². The standard InChI is InChI=1S/C83H57N7.Pt/c1-83(2,3)65-42-43-84-80(50-65)89-73-38-18-16-34-70(73)71-52-78-79(53-77(71)89)88(82-85-72-37-17-19-39-74(72)90(78)82)67-33-22-32-66(51-67)86-54-87(76-41-21-20-40-75(76)86)81-68(63-46-59(55-24-8-4-9-25-55)44-60(47-63)56-26-10-5-11-27-56)35-23-36-69(81)64-48-61(57-28-12-6-13-29-57)45-62(49-64)58-30-14-7-15-31-58;/h4-50,52H,1-3H3;/q-2;. The van der Waals surface area contributed by atoms with Crippen molar-refractivity contribution in [3.63, 3.8) is 0 Å². The molecule has 0 aliphatic heterocycles. The Kier molecular flexibility index (Phi) is 13.5. The van der Waals surface area contributed by atoms with E-state index >= 15 is 0 Å². The summed E-state index contributed by atoms with van der Waals surface area (Å²) in [5.74, 6) is 1.61. The van der Waals surface area contributed by atoms with Gasteiger partial charge in [-0.25, -0.2) is 9.97 Å². The molecule has 0 saturated carbocycles. The molecule has 17 aromatic rings. The Hall–Kier alpha value is -11.0. The summed E-state index contributed by atoms with van der Waals surface area (Å²) < 4.78 is 11.2. The number of hydrogen-bond donors (Lipinski definition) is 0. The van der Waals surface area contributed by atoms with Crippen LogP contribution in [0.2, 0.25) is 0 Å². The molecule has 0 N–H and O–H groups in total. The molecule has 0 fully saturated rings. The zero-order valence-electron chi connectivity index (χ0n) is 50.2. The number of hydrogen-bond acceptors (Lipinski definition) is 2. The summed E-state index contributed by atoms with van der Waals surface area (Å²) in [6.45, 7) is 6.74. The molecule has 0 aliphatic carbocycles. The summed E-state index contributed by atoms with van der Waals surface area (Å²) >= 11 is 0. The van der Waals surface area contributed by atoms with E-state index < -0.39 is 0 Å². The second kappa shape index (κ2) is 22.3. The molecule has 8 heteroatoms. The molecule has 0 aliphatic rings. The Morgan fingerprint density at radius 2 is 0.890 bits per heavy atom. The largest absolute Gasteiger partial charge is 0.331 e. The van der Waals surface area contributed by atoms with Crippen molar-refractivity contribution in [2.75, 3.05) is 0 Å². The Balaban J connectivity index is 0.00000661. The van der Waals surface area contributed by atoms with Gasteiger partial charge in [-0.3, -0.25) is 4.57 Å². The van der Waals surface area contributed by atoms with Crippen molar-refractivity contribution in [2.24, 2.45) is 0 Å². The summed E-state index contributed by atoms with van der Waals surface area (Å²) in [4.78, 5) is 10.4. The maximum Gasteiger partial charge on any atom is 0.268 e. The number of rotatable bonds is 10. The van der Waals surface area contributed by atoms with Crippen molar-refractivity contribution in [3.8, 4) is 89.6 Å². The van der Waals surface area contributed by atoms with E-state index in [1.54, 1.807) is 0 Å². The third kappa shape index (κ3) is 9.51.